The van der Waals surface area contributed by atoms with Gasteiger partial charge in [-0.05, 0) is 68.7 Å². The first kappa shape index (κ1) is 35.4. The second kappa shape index (κ2) is 17.5. The van der Waals surface area contributed by atoms with E-state index in [1.54, 1.807) is 34.1 Å². The average molecular weight is 674 g/mol. The number of fused-ring (bicyclic) bond motifs is 1. The van der Waals surface area contributed by atoms with Crippen molar-refractivity contribution in [3.8, 4) is 0 Å². The molecule has 5 rings (SSSR count). The van der Waals surface area contributed by atoms with Crippen molar-refractivity contribution in [2.24, 2.45) is 0 Å². The fourth-order valence-electron chi connectivity index (χ4n) is 6.31. The van der Waals surface area contributed by atoms with E-state index in [0.717, 1.165) is 32.1 Å². The number of hydrogen-bond donors (Lipinski definition) is 2. The van der Waals surface area contributed by atoms with Crippen LogP contribution in [0.3, 0.4) is 0 Å². The van der Waals surface area contributed by atoms with Gasteiger partial charge < -0.3 is 19.9 Å². The first-order valence-corrected chi connectivity index (χ1v) is 17.2. The number of rotatable bonds is 12. The predicted molar refractivity (Wildman–Crippen MR) is 183 cm³/mol. The van der Waals surface area contributed by atoms with Crippen LogP contribution in [0.25, 0.3) is 10.8 Å². The molecule has 3 amide bonds. The third kappa shape index (κ3) is 10.1. The number of allylic oxidation sites excluding steroid dienone is 2. The topological polar surface area (TPSA) is 142 Å². The number of benzene rings is 2. The summed E-state index contributed by atoms with van der Waals surface area (Å²) in [4.78, 5) is 65.9. The molecule has 2 aliphatic rings. The van der Waals surface area contributed by atoms with Crippen molar-refractivity contribution in [2.45, 2.75) is 76.7 Å². The maximum Gasteiger partial charge on any atom is 0.407 e. The zero-order chi connectivity index (χ0) is 34.6. The summed E-state index contributed by atoms with van der Waals surface area (Å²) in [6.07, 6.45) is 10.4. The van der Waals surface area contributed by atoms with Crippen molar-refractivity contribution in [3.63, 3.8) is 0 Å². The number of halogens is 1. The summed E-state index contributed by atoms with van der Waals surface area (Å²) in [5, 5.41) is 10.6. The van der Waals surface area contributed by atoms with Gasteiger partial charge in [-0.3, -0.25) is 19.2 Å². The SMILES string of the molecule is O=C(CCCNC(=O)OC1CC/C=C/CCC1)CCCC(=O)N1CCN(C(=O)c2cc(Cc3n[nH]c(=O)c4ccccc34)ccc2F)CC1. The van der Waals surface area contributed by atoms with Crippen LogP contribution in [0.4, 0.5) is 9.18 Å². The average Bonchev–Trinajstić information content (AvgIpc) is 3.09. The molecule has 1 aliphatic carbocycles. The summed E-state index contributed by atoms with van der Waals surface area (Å²) in [5.74, 6) is -1.12. The fraction of sp³-hybridized carbons (Fsp3) is 0.459. The van der Waals surface area contributed by atoms with Gasteiger partial charge in [0.05, 0.1) is 16.6 Å². The van der Waals surface area contributed by atoms with Crippen molar-refractivity contribution in [3.05, 3.63) is 87.6 Å². The fourth-order valence-corrected chi connectivity index (χ4v) is 6.31. The second-order valence-electron chi connectivity index (χ2n) is 12.6. The maximum atomic E-state index is 14.8. The van der Waals surface area contributed by atoms with Crippen LogP contribution in [0.2, 0.25) is 0 Å². The largest absolute Gasteiger partial charge is 0.446 e. The number of carbonyl (C=O) groups is 4. The monoisotopic (exact) mass is 673 g/mol. The number of Topliss-reactive ketones (excluding diaryl/α,β-unsaturated/α-hetero) is 1. The molecule has 0 saturated carbocycles. The Kier molecular flexibility index (Phi) is 12.7. The van der Waals surface area contributed by atoms with E-state index in [1.807, 2.05) is 6.07 Å². The molecule has 260 valence electrons. The molecule has 0 bridgehead atoms. The second-order valence-corrected chi connectivity index (χ2v) is 12.6. The van der Waals surface area contributed by atoms with Crippen molar-refractivity contribution in [2.75, 3.05) is 32.7 Å². The minimum Gasteiger partial charge on any atom is -0.446 e. The normalized spacial score (nSPS) is 17.2. The third-order valence-corrected chi connectivity index (χ3v) is 9.07. The summed E-state index contributed by atoms with van der Waals surface area (Å²) >= 11 is 0. The molecule has 1 aliphatic heterocycles. The first-order chi connectivity index (χ1) is 23.8. The number of nitrogens with one attached hydrogen (secondary N) is 2. The van der Waals surface area contributed by atoms with E-state index in [1.165, 1.54) is 12.1 Å². The van der Waals surface area contributed by atoms with Gasteiger partial charge in [-0.25, -0.2) is 14.3 Å². The minimum absolute atomic E-state index is 0.0407. The number of hydrogen-bond acceptors (Lipinski definition) is 7. The molecule has 49 heavy (non-hydrogen) atoms. The third-order valence-electron chi connectivity index (χ3n) is 9.07. The number of ether oxygens (including phenoxy) is 1. The van der Waals surface area contributed by atoms with Gasteiger partial charge in [-0.1, -0.05) is 36.4 Å². The number of nitrogens with zero attached hydrogens (tertiary/aromatic N) is 3. The van der Waals surface area contributed by atoms with Crippen LogP contribution in [-0.2, 0) is 20.7 Å². The molecule has 2 N–H and O–H groups in total. The molecule has 3 aromatic rings. The zero-order valence-corrected chi connectivity index (χ0v) is 27.8. The molecule has 2 aromatic carbocycles. The molecule has 11 nitrogen and oxygen atoms in total. The van der Waals surface area contributed by atoms with Crippen LogP contribution in [0.5, 0.6) is 0 Å². The Balaban J connectivity index is 1.00. The smallest absolute Gasteiger partial charge is 0.407 e. The van der Waals surface area contributed by atoms with Crippen molar-refractivity contribution >= 4 is 34.5 Å². The standard InChI is InChI=1S/C37H44FN5O6/c38-32-18-17-26(25-33-29-14-6-7-15-30(29)35(46)41-40-33)24-31(32)36(47)43-22-20-42(21-23-43)34(45)16-8-10-27(44)11-9-19-39-37(48)49-28-12-4-2-1-3-5-13-28/h1-2,6-7,14-15,17-18,24,28H,3-5,8-13,16,19-23,25H2,(H,39,48)(H,41,46)/b2-1+. The molecule has 1 atom stereocenters. The van der Waals surface area contributed by atoms with Crippen molar-refractivity contribution in [1.29, 1.82) is 0 Å². The zero-order valence-electron chi connectivity index (χ0n) is 27.8. The van der Waals surface area contributed by atoms with E-state index in [2.05, 4.69) is 27.7 Å². The lowest BCUT2D eigenvalue weighted by molar-refractivity contribution is -0.132. The predicted octanol–water partition coefficient (Wildman–Crippen LogP) is 5.07. The maximum absolute atomic E-state index is 14.8. The van der Waals surface area contributed by atoms with Crippen LogP contribution >= 0.6 is 0 Å². The van der Waals surface area contributed by atoms with Crippen LogP contribution < -0.4 is 10.9 Å². The summed E-state index contributed by atoms with van der Waals surface area (Å²) in [6.45, 7) is 1.55. The molecule has 1 saturated heterocycles. The highest BCUT2D eigenvalue weighted by Gasteiger charge is 2.26. The van der Waals surface area contributed by atoms with Gasteiger partial charge in [0.25, 0.3) is 11.5 Å². The molecule has 0 radical (unpaired) electrons. The summed E-state index contributed by atoms with van der Waals surface area (Å²) in [7, 11) is 0. The number of piperazine rings is 1. The molecule has 12 heteroatoms. The summed E-state index contributed by atoms with van der Waals surface area (Å²) in [5.41, 5.74) is 0.944. The highest BCUT2D eigenvalue weighted by molar-refractivity contribution is 5.95. The molecule has 2 heterocycles. The number of H-pyrrole nitrogens is 1. The van der Waals surface area contributed by atoms with Gasteiger partial charge in [0.1, 0.15) is 17.7 Å². The Morgan fingerprint density at radius 2 is 1.63 bits per heavy atom. The van der Waals surface area contributed by atoms with Gasteiger partial charge in [-0.2, -0.15) is 5.10 Å². The first-order valence-electron chi connectivity index (χ1n) is 17.2. The van der Waals surface area contributed by atoms with E-state index in [0.29, 0.717) is 67.3 Å². The number of aromatic amines is 1. The lowest BCUT2D eigenvalue weighted by Crippen LogP contribution is -2.50. The van der Waals surface area contributed by atoms with Crippen molar-refractivity contribution < 1.29 is 28.3 Å². The Hall–Kier alpha value is -4.87. The Morgan fingerprint density at radius 3 is 2.45 bits per heavy atom. The van der Waals surface area contributed by atoms with Crippen LogP contribution in [-0.4, -0.2) is 82.5 Å². The number of ketones is 1. The van der Waals surface area contributed by atoms with E-state index in [9.17, 15) is 28.4 Å². The minimum atomic E-state index is -0.630. The Labute approximate surface area is 284 Å². The Morgan fingerprint density at radius 1 is 0.898 bits per heavy atom. The Bertz CT molecular complexity index is 1730. The lowest BCUT2D eigenvalue weighted by Gasteiger charge is -2.35. The quantitative estimate of drug-likeness (QED) is 0.202. The van der Waals surface area contributed by atoms with Gasteiger partial charge in [0, 0.05) is 63.8 Å². The molecule has 0 spiro atoms. The number of carbonyl (C=O) groups excluding carboxylic acids is 4. The van der Waals surface area contributed by atoms with Gasteiger partial charge in [0.15, 0.2) is 0 Å². The van der Waals surface area contributed by atoms with E-state index in [-0.39, 0.29) is 54.8 Å². The van der Waals surface area contributed by atoms with Crippen LogP contribution in [0, 0.1) is 5.82 Å². The number of amides is 3. The molecular formula is C37H44FN5O6. The number of alkyl carbamates (subject to hydrolysis) is 1. The van der Waals surface area contributed by atoms with E-state index < -0.39 is 17.8 Å². The van der Waals surface area contributed by atoms with Crippen LogP contribution in [0.15, 0.2) is 59.4 Å². The van der Waals surface area contributed by atoms with Crippen molar-refractivity contribution in [1.82, 2.24) is 25.3 Å². The molecule has 1 fully saturated rings. The number of aromatic nitrogens is 2. The van der Waals surface area contributed by atoms with E-state index in [4.69, 9.17) is 4.74 Å². The molecule has 1 unspecified atom stereocenters. The summed E-state index contributed by atoms with van der Waals surface area (Å²) < 4.78 is 20.4. The lowest BCUT2D eigenvalue weighted by atomic mass is 10.0. The van der Waals surface area contributed by atoms with Gasteiger partial charge in [0.2, 0.25) is 5.91 Å². The van der Waals surface area contributed by atoms with E-state index >= 15 is 0 Å². The molecule has 1 aromatic heterocycles. The highest BCUT2D eigenvalue weighted by Crippen LogP contribution is 2.21. The van der Waals surface area contributed by atoms with Gasteiger partial charge in [-0.15, -0.1) is 0 Å². The van der Waals surface area contributed by atoms with Crippen LogP contribution in [0.1, 0.15) is 85.8 Å². The highest BCUT2D eigenvalue weighted by atomic mass is 19.1. The van der Waals surface area contributed by atoms with Gasteiger partial charge >= 0.3 is 6.09 Å². The summed E-state index contributed by atoms with van der Waals surface area (Å²) in [6, 6.07) is 11.5. The molecular weight excluding hydrogens is 629 g/mol.